The number of hydrogen-bond acceptors (Lipinski definition) is 3. The lowest BCUT2D eigenvalue weighted by atomic mass is 10.2. The van der Waals surface area contributed by atoms with Crippen LogP contribution in [-0.4, -0.2) is 28.4 Å². The minimum absolute atomic E-state index is 0.0249. The summed E-state index contributed by atoms with van der Waals surface area (Å²) in [6.45, 7) is 1.98. The second-order valence-corrected chi connectivity index (χ2v) is 5.21. The summed E-state index contributed by atoms with van der Waals surface area (Å²) in [5, 5.41) is 14.1. The minimum atomic E-state index is -0.337. The van der Waals surface area contributed by atoms with Crippen LogP contribution in [0, 0.1) is 0 Å². The van der Waals surface area contributed by atoms with Crippen molar-refractivity contribution in [3.05, 3.63) is 27.1 Å². The minimum Gasteiger partial charge on any atom is -0.396 e. The Hall–Kier alpha value is -1.34. The molecule has 0 aliphatic carbocycles. The van der Waals surface area contributed by atoms with Crippen LogP contribution in [0.2, 0.25) is 0 Å². The van der Waals surface area contributed by atoms with Crippen LogP contribution in [0.1, 0.15) is 19.8 Å². The van der Waals surface area contributed by atoms with E-state index < -0.39 is 0 Å². The molecule has 1 aromatic heterocycles. The maximum atomic E-state index is 11.7. The van der Waals surface area contributed by atoms with Gasteiger partial charge in [0.1, 0.15) is 0 Å². The maximum absolute atomic E-state index is 11.7. The van der Waals surface area contributed by atoms with Crippen LogP contribution in [0.3, 0.4) is 0 Å². The lowest BCUT2D eigenvalue weighted by Crippen LogP contribution is -2.36. The molecule has 2 amide bonds. The maximum Gasteiger partial charge on any atom is 0.319 e. The summed E-state index contributed by atoms with van der Waals surface area (Å²) >= 11 is 3.14. The fraction of sp³-hybridized carbons (Fsp3) is 0.500. The Balaban J connectivity index is 2.60. The molecule has 1 unspecified atom stereocenters. The number of halogens is 1. The molecule has 0 aromatic carbocycles. The first-order valence-electron chi connectivity index (χ1n) is 5.98. The third-order valence-electron chi connectivity index (χ3n) is 2.57. The molecule has 0 aliphatic heterocycles. The quantitative estimate of drug-likeness (QED) is 0.763. The number of amides is 2. The molecule has 1 heterocycles. The Morgan fingerprint density at radius 3 is 2.84 bits per heavy atom. The summed E-state index contributed by atoms with van der Waals surface area (Å²) in [7, 11) is 1.61. The standard InChI is InChI=1S/C12H18BrN3O3/c1-8(4-3-5-17)14-12(19)15-9-6-10(13)11(18)16(2)7-9/h6-8,17H,3-5H2,1-2H3,(H2,14,15,19). The summed E-state index contributed by atoms with van der Waals surface area (Å²) < 4.78 is 1.77. The lowest BCUT2D eigenvalue weighted by Gasteiger charge is -2.14. The van der Waals surface area contributed by atoms with E-state index in [2.05, 4.69) is 26.6 Å². The summed E-state index contributed by atoms with van der Waals surface area (Å²) in [4.78, 5) is 23.2. The van der Waals surface area contributed by atoms with E-state index in [0.717, 1.165) is 0 Å². The third-order valence-corrected chi connectivity index (χ3v) is 3.14. The van der Waals surface area contributed by atoms with Gasteiger partial charge in [0.25, 0.3) is 5.56 Å². The van der Waals surface area contributed by atoms with Crippen LogP contribution < -0.4 is 16.2 Å². The molecule has 0 spiro atoms. The van der Waals surface area contributed by atoms with Crippen molar-refractivity contribution in [1.82, 2.24) is 9.88 Å². The number of anilines is 1. The molecule has 3 N–H and O–H groups in total. The first kappa shape index (κ1) is 15.7. The molecule has 19 heavy (non-hydrogen) atoms. The molecule has 106 valence electrons. The Kier molecular flexibility index (Phi) is 6.04. The van der Waals surface area contributed by atoms with Gasteiger partial charge in [-0.1, -0.05) is 0 Å². The number of aryl methyl sites for hydroxylation is 1. The SMILES string of the molecule is CC(CCCO)NC(=O)Nc1cc(Br)c(=O)n(C)c1. The highest BCUT2D eigenvalue weighted by Crippen LogP contribution is 2.11. The number of aliphatic hydroxyl groups excluding tert-OH is 1. The zero-order valence-electron chi connectivity index (χ0n) is 10.9. The van der Waals surface area contributed by atoms with E-state index in [1.165, 1.54) is 4.57 Å². The van der Waals surface area contributed by atoms with E-state index in [4.69, 9.17) is 5.11 Å². The van der Waals surface area contributed by atoms with Gasteiger partial charge in [0.15, 0.2) is 0 Å². The highest BCUT2D eigenvalue weighted by atomic mass is 79.9. The summed E-state index contributed by atoms with van der Waals surface area (Å²) in [6.07, 6.45) is 2.90. The Labute approximate surface area is 120 Å². The van der Waals surface area contributed by atoms with E-state index in [1.54, 1.807) is 19.3 Å². The van der Waals surface area contributed by atoms with Gasteiger partial charge in [0.2, 0.25) is 0 Å². The van der Waals surface area contributed by atoms with Crippen molar-refractivity contribution in [2.75, 3.05) is 11.9 Å². The number of rotatable bonds is 5. The first-order chi connectivity index (χ1) is 8.93. The molecule has 7 heteroatoms. The monoisotopic (exact) mass is 331 g/mol. The van der Waals surface area contributed by atoms with Gasteiger partial charge in [-0.2, -0.15) is 0 Å². The Morgan fingerprint density at radius 1 is 1.58 bits per heavy atom. The zero-order valence-corrected chi connectivity index (χ0v) is 12.5. The van der Waals surface area contributed by atoms with Crippen LogP contribution >= 0.6 is 15.9 Å². The van der Waals surface area contributed by atoms with Gasteiger partial charge in [0, 0.05) is 25.9 Å². The molecule has 6 nitrogen and oxygen atoms in total. The average molecular weight is 332 g/mol. The number of hydrogen-bond donors (Lipinski definition) is 3. The number of carbonyl (C=O) groups is 1. The van der Waals surface area contributed by atoms with E-state index in [1.807, 2.05) is 6.92 Å². The molecule has 0 bridgehead atoms. The molecule has 1 rings (SSSR count). The van der Waals surface area contributed by atoms with Gasteiger partial charge in [-0.3, -0.25) is 4.79 Å². The number of aromatic nitrogens is 1. The van der Waals surface area contributed by atoms with Gasteiger partial charge in [-0.05, 0) is 41.8 Å². The predicted octanol–water partition coefficient (Wildman–Crippen LogP) is 1.43. The summed E-state index contributed by atoms with van der Waals surface area (Å²) in [6, 6.07) is 1.19. The van der Waals surface area contributed by atoms with Gasteiger partial charge in [0.05, 0.1) is 10.2 Å². The highest BCUT2D eigenvalue weighted by Gasteiger charge is 2.08. The van der Waals surface area contributed by atoms with Crippen molar-refractivity contribution in [3.63, 3.8) is 0 Å². The van der Waals surface area contributed by atoms with E-state index in [-0.39, 0.29) is 24.2 Å². The number of urea groups is 1. The topological polar surface area (TPSA) is 83.4 Å². The zero-order chi connectivity index (χ0) is 14.4. The van der Waals surface area contributed by atoms with Crippen LogP contribution in [0.5, 0.6) is 0 Å². The second-order valence-electron chi connectivity index (χ2n) is 4.36. The molecule has 0 saturated heterocycles. The largest absolute Gasteiger partial charge is 0.396 e. The highest BCUT2D eigenvalue weighted by molar-refractivity contribution is 9.10. The van der Waals surface area contributed by atoms with Crippen molar-refractivity contribution >= 4 is 27.6 Å². The van der Waals surface area contributed by atoms with E-state index in [0.29, 0.717) is 23.0 Å². The fourth-order valence-corrected chi connectivity index (χ4v) is 2.13. The van der Waals surface area contributed by atoms with Gasteiger partial charge < -0.3 is 20.3 Å². The number of nitrogens with zero attached hydrogens (tertiary/aromatic N) is 1. The molecular weight excluding hydrogens is 314 g/mol. The normalized spacial score (nSPS) is 12.0. The number of aliphatic hydroxyl groups is 1. The molecule has 0 fully saturated rings. The van der Waals surface area contributed by atoms with Crippen molar-refractivity contribution in [2.45, 2.75) is 25.8 Å². The van der Waals surface area contributed by atoms with Crippen LogP contribution in [0.15, 0.2) is 21.5 Å². The molecule has 0 aliphatic rings. The number of nitrogens with one attached hydrogen (secondary N) is 2. The second kappa shape index (κ2) is 7.30. The van der Waals surface area contributed by atoms with Gasteiger partial charge >= 0.3 is 6.03 Å². The molecule has 0 radical (unpaired) electrons. The Bertz CT molecular complexity index is 475. The smallest absolute Gasteiger partial charge is 0.319 e. The lowest BCUT2D eigenvalue weighted by molar-refractivity contribution is 0.245. The van der Waals surface area contributed by atoms with Crippen LogP contribution in [0.4, 0.5) is 10.5 Å². The summed E-state index contributed by atoms with van der Waals surface area (Å²) in [5.41, 5.74) is 0.364. The van der Waals surface area contributed by atoms with Crippen molar-refractivity contribution in [2.24, 2.45) is 7.05 Å². The van der Waals surface area contributed by atoms with Crippen molar-refractivity contribution < 1.29 is 9.90 Å². The third kappa shape index (κ3) is 5.04. The molecule has 1 atom stereocenters. The van der Waals surface area contributed by atoms with Crippen LogP contribution in [0.25, 0.3) is 0 Å². The van der Waals surface area contributed by atoms with Gasteiger partial charge in [-0.15, -0.1) is 0 Å². The summed E-state index contributed by atoms with van der Waals surface area (Å²) in [5.74, 6) is 0. The van der Waals surface area contributed by atoms with E-state index in [9.17, 15) is 9.59 Å². The van der Waals surface area contributed by atoms with E-state index >= 15 is 0 Å². The number of carbonyl (C=O) groups excluding carboxylic acids is 1. The van der Waals surface area contributed by atoms with Crippen LogP contribution in [-0.2, 0) is 7.05 Å². The first-order valence-corrected chi connectivity index (χ1v) is 6.78. The van der Waals surface area contributed by atoms with Crippen molar-refractivity contribution in [1.29, 1.82) is 0 Å². The molecule has 0 saturated carbocycles. The molecular formula is C12H18BrN3O3. The number of pyridine rings is 1. The van der Waals surface area contributed by atoms with Gasteiger partial charge in [-0.25, -0.2) is 4.79 Å². The average Bonchev–Trinajstić information content (AvgIpc) is 2.33. The Morgan fingerprint density at radius 2 is 2.26 bits per heavy atom. The predicted molar refractivity (Wildman–Crippen MR) is 77.3 cm³/mol. The fourth-order valence-electron chi connectivity index (χ4n) is 1.60. The molecule has 1 aromatic rings. The van der Waals surface area contributed by atoms with Crippen molar-refractivity contribution in [3.8, 4) is 0 Å².